The first-order chi connectivity index (χ1) is 16.4. The van der Waals surface area contributed by atoms with Gasteiger partial charge in [-0.2, -0.15) is 10.5 Å². The van der Waals surface area contributed by atoms with Crippen molar-refractivity contribution in [3.8, 4) is 23.5 Å². The molecule has 3 aromatic heterocycles. The fourth-order valence-corrected chi connectivity index (χ4v) is 4.59. The third kappa shape index (κ3) is 3.85. The Morgan fingerprint density at radius 3 is 2.38 bits per heavy atom. The number of nitriles is 2. The van der Waals surface area contributed by atoms with Crippen molar-refractivity contribution in [3.63, 3.8) is 0 Å². The van der Waals surface area contributed by atoms with Crippen molar-refractivity contribution in [2.45, 2.75) is 39.7 Å². The molecule has 0 bridgehead atoms. The van der Waals surface area contributed by atoms with Crippen LogP contribution in [-0.2, 0) is 7.05 Å². The summed E-state index contributed by atoms with van der Waals surface area (Å²) in [6.45, 7) is 9.47. The number of hydrogen-bond donors (Lipinski definition) is 1. The van der Waals surface area contributed by atoms with E-state index in [9.17, 15) is 10.5 Å². The molecule has 34 heavy (non-hydrogen) atoms. The Kier molecular flexibility index (Phi) is 6.49. The van der Waals surface area contributed by atoms with Crippen LogP contribution in [0, 0.1) is 22.7 Å². The Morgan fingerprint density at radius 2 is 1.74 bits per heavy atom. The normalized spacial score (nSPS) is 12.3. The summed E-state index contributed by atoms with van der Waals surface area (Å²) in [4.78, 5) is 16.3. The third-order valence-corrected chi connectivity index (χ3v) is 6.51. The molecule has 0 aliphatic heterocycles. The van der Waals surface area contributed by atoms with E-state index in [2.05, 4.69) is 35.6 Å². The van der Waals surface area contributed by atoms with E-state index in [4.69, 9.17) is 10.7 Å². The number of nitrogens with two attached hydrogens (primary N) is 1. The van der Waals surface area contributed by atoms with Gasteiger partial charge in [-0.05, 0) is 51.5 Å². The molecule has 4 aromatic rings. The number of para-hydroxylation sites is 2. The van der Waals surface area contributed by atoms with Crippen LogP contribution in [-0.4, -0.2) is 48.6 Å². The van der Waals surface area contributed by atoms with Crippen LogP contribution in [0.5, 0.6) is 0 Å². The minimum absolute atomic E-state index is 0.000595. The fraction of sp³-hybridized carbons (Fsp3) is 0.400. The van der Waals surface area contributed by atoms with Gasteiger partial charge in [-0.1, -0.05) is 26.0 Å². The molecule has 9 nitrogen and oxygen atoms in total. The largest absolute Gasteiger partial charge is 0.384 e. The average Bonchev–Trinajstić information content (AvgIpc) is 3.33. The zero-order valence-electron chi connectivity index (χ0n) is 20.1. The molecule has 4 rings (SSSR count). The van der Waals surface area contributed by atoms with Crippen LogP contribution in [0.2, 0.25) is 0 Å². The summed E-state index contributed by atoms with van der Waals surface area (Å²) in [7, 11) is 1.93. The molecular formula is C25H29N9. The molecule has 1 aromatic carbocycles. The Balaban J connectivity index is 1.89. The van der Waals surface area contributed by atoms with Crippen molar-refractivity contribution < 1.29 is 0 Å². The molecular weight excluding hydrogens is 426 g/mol. The van der Waals surface area contributed by atoms with E-state index in [1.165, 1.54) is 0 Å². The molecule has 0 radical (unpaired) electrons. The van der Waals surface area contributed by atoms with Crippen LogP contribution >= 0.6 is 0 Å². The van der Waals surface area contributed by atoms with Crippen LogP contribution in [0.1, 0.15) is 51.0 Å². The highest BCUT2D eigenvalue weighted by atomic mass is 15.2. The second-order valence-corrected chi connectivity index (χ2v) is 8.45. The maximum Gasteiger partial charge on any atom is 0.179 e. The zero-order chi connectivity index (χ0) is 24.4. The molecule has 9 heteroatoms. The van der Waals surface area contributed by atoms with Gasteiger partial charge in [-0.15, -0.1) is 0 Å². The Hall–Kier alpha value is -3.95. The van der Waals surface area contributed by atoms with E-state index in [1.807, 2.05) is 52.6 Å². The third-order valence-electron chi connectivity index (χ3n) is 6.51. The Bertz CT molecular complexity index is 1430. The molecule has 0 spiro atoms. The number of aryl methyl sites for hydroxylation is 1. The highest BCUT2D eigenvalue weighted by molar-refractivity contribution is 5.99. The molecule has 0 saturated heterocycles. The molecule has 2 N–H and O–H groups in total. The maximum atomic E-state index is 9.57. The van der Waals surface area contributed by atoms with Crippen molar-refractivity contribution in [3.05, 3.63) is 35.7 Å². The van der Waals surface area contributed by atoms with Crippen LogP contribution in [0.4, 0.5) is 5.82 Å². The predicted octanol–water partition coefficient (Wildman–Crippen LogP) is 3.99. The number of hydrogen-bond acceptors (Lipinski definition) is 7. The molecule has 174 valence electrons. The molecule has 3 heterocycles. The van der Waals surface area contributed by atoms with E-state index < -0.39 is 0 Å². The van der Waals surface area contributed by atoms with Crippen molar-refractivity contribution in [1.29, 1.82) is 10.5 Å². The standard InChI is InChI=1S/C25H29N9/c1-5-33(6-2)13-9-10-16(3)34-23(28)21(22-25(34)31-19(15-27)18(14-26)29-22)24-30-17-11-7-8-12-20(17)32(24)4/h7-8,11-12,16H,5-6,9-10,13,28H2,1-4H3. The van der Waals surface area contributed by atoms with Gasteiger partial charge in [0.25, 0.3) is 0 Å². The summed E-state index contributed by atoms with van der Waals surface area (Å²) in [5.74, 6) is 1.14. The number of rotatable bonds is 8. The van der Waals surface area contributed by atoms with Crippen LogP contribution < -0.4 is 5.73 Å². The lowest BCUT2D eigenvalue weighted by Gasteiger charge is -2.21. The molecule has 0 saturated carbocycles. The monoisotopic (exact) mass is 455 g/mol. The number of nitrogen functional groups attached to an aromatic ring is 1. The van der Waals surface area contributed by atoms with E-state index in [1.54, 1.807) is 0 Å². The highest BCUT2D eigenvalue weighted by Crippen LogP contribution is 2.38. The summed E-state index contributed by atoms with van der Waals surface area (Å²) < 4.78 is 3.92. The minimum Gasteiger partial charge on any atom is -0.384 e. The number of imidazole rings is 1. The molecule has 1 unspecified atom stereocenters. The fourth-order valence-electron chi connectivity index (χ4n) is 4.59. The molecule has 0 amide bonds. The number of benzene rings is 1. The van der Waals surface area contributed by atoms with Crippen molar-refractivity contribution in [2.75, 3.05) is 25.4 Å². The lowest BCUT2D eigenvalue weighted by molar-refractivity contribution is 0.289. The second-order valence-electron chi connectivity index (χ2n) is 8.45. The molecule has 0 aliphatic carbocycles. The summed E-state index contributed by atoms with van der Waals surface area (Å²) in [6.07, 6.45) is 1.88. The molecule has 0 aliphatic rings. The van der Waals surface area contributed by atoms with Gasteiger partial charge in [-0.3, -0.25) is 0 Å². The van der Waals surface area contributed by atoms with Crippen molar-refractivity contribution in [2.24, 2.45) is 7.05 Å². The van der Waals surface area contributed by atoms with E-state index in [0.717, 1.165) is 43.5 Å². The number of aromatic nitrogens is 5. The summed E-state index contributed by atoms with van der Waals surface area (Å²) >= 11 is 0. The molecule has 0 fully saturated rings. The summed E-state index contributed by atoms with van der Waals surface area (Å²) in [5, 5.41) is 19.1. The predicted molar refractivity (Wildman–Crippen MR) is 133 cm³/mol. The topological polar surface area (TPSA) is 125 Å². The maximum absolute atomic E-state index is 9.57. The van der Waals surface area contributed by atoms with Crippen LogP contribution in [0.3, 0.4) is 0 Å². The number of fused-ring (bicyclic) bond motifs is 2. The first kappa shape index (κ1) is 23.2. The van der Waals surface area contributed by atoms with Gasteiger partial charge in [0.1, 0.15) is 29.3 Å². The smallest absolute Gasteiger partial charge is 0.179 e. The minimum atomic E-state index is -0.0126. The molecule has 1 atom stereocenters. The average molecular weight is 456 g/mol. The van der Waals surface area contributed by atoms with Crippen LogP contribution in [0.15, 0.2) is 24.3 Å². The van der Waals surface area contributed by atoms with Gasteiger partial charge in [0.2, 0.25) is 0 Å². The highest BCUT2D eigenvalue weighted by Gasteiger charge is 2.27. The zero-order valence-corrected chi connectivity index (χ0v) is 20.1. The van der Waals surface area contributed by atoms with Crippen molar-refractivity contribution in [1.82, 2.24) is 29.0 Å². The van der Waals surface area contributed by atoms with Gasteiger partial charge in [-0.25, -0.2) is 15.0 Å². The van der Waals surface area contributed by atoms with Gasteiger partial charge in [0, 0.05) is 13.1 Å². The SMILES string of the molecule is CCN(CC)CCCC(C)n1c(N)c(-c2nc3ccccc3n2C)c2nc(C#N)c(C#N)nc21. The van der Waals surface area contributed by atoms with Crippen molar-refractivity contribution >= 4 is 28.0 Å². The van der Waals surface area contributed by atoms with Crippen LogP contribution in [0.25, 0.3) is 33.6 Å². The Morgan fingerprint density at radius 1 is 1.06 bits per heavy atom. The lowest BCUT2D eigenvalue weighted by atomic mass is 10.1. The van der Waals surface area contributed by atoms with Gasteiger partial charge in [0.15, 0.2) is 17.0 Å². The Labute approximate surface area is 199 Å². The first-order valence-corrected chi connectivity index (χ1v) is 11.6. The summed E-state index contributed by atoms with van der Waals surface area (Å²) in [6, 6.07) is 11.9. The van der Waals surface area contributed by atoms with Gasteiger partial charge < -0.3 is 19.8 Å². The van der Waals surface area contributed by atoms with E-state index in [0.29, 0.717) is 28.4 Å². The van der Waals surface area contributed by atoms with Gasteiger partial charge in [0.05, 0.1) is 16.6 Å². The number of nitrogens with zero attached hydrogens (tertiary/aromatic N) is 8. The van der Waals surface area contributed by atoms with Gasteiger partial charge >= 0.3 is 0 Å². The second kappa shape index (κ2) is 9.50. The first-order valence-electron chi connectivity index (χ1n) is 11.6. The lowest BCUT2D eigenvalue weighted by Crippen LogP contribution is -2.24. The van der Waals surface area contributed by atoms with E-state index >= 15 is 0 Å². The number of anilines is 1. The quantitative estimate of drug-likeness (QED) is 0.426. The van der Waals surface area contributed by atoms with E-state index in [-0.39, 0.29) is 17.4 Å². The summed E-state index contributed by atoms with van der Waals surface area (Å²) in [5.41, 5.74) is 10.2.